The number of halogens is 3. The van der Waals surface area contributed by atoms with Crippen LogP contribution < -0.4 is 4.90 Å². The maximum absolute atomic E-state index is 13.0. The monoisotopic (exact) mass is 355 g/mol. The first-order chi connectivity index (χ1) is 10.4. The van der Waals surface area contributed by atoms with E-state index in [-0.39, 0.29) is 44.6 Å². The van der Waals surface area contributed by atoms with Crippen LogP contribution >= 0.6 is 34.8 Å². The van der Waals surface area contributed by atoms with Crippen molar-refractivity contribution < 1.29 is 9.59 Å². The fraction of sp³-hybridized carbons (Fsp3) is 0.375. The van der Waals surface area contributed by atoms with E-state index in [2.05, 4.69) is 12.2 Å². The van der Waals surface area contributed by atoms with Gasteiger partial charge >= 0.3 is 0 Å². The van der Waals surface area contributed by atoms with E-state index in [1.165, 1.54) is 17.0 Å². The standard InChI is InChI=1S/C16H12Cl3NO2/c1-16-8-3-2-7(4-8)12(16)14(21)20(15(16)22)9-5-10(17)13(19)11(18)6-9/h2-3,5-8,12H,4H2,1H3/t7-,8+,12+,16-/m0/s1. The van der Waals surface area contributed by atoms with E-state index in [0.717, 1.165) is 6.42 Å². The lowest BCUT2D eigenvalue weighted by atomic mass is 9.71. The zero-order chi connectivity index (χ0) is 15.8. The van der Waals surface area contributed by atoms with Gasteiger partial charge in [0.2, 0.25) is 11.8 Å². The van der Waals surface area contributed by atoms with E-state index >= 15 is 0 Å². The number of anilines is 1. The molecular formula is C16H12Cl3NO2. The van der Waals surface area contributed by atoms with Crippen molar-refractivity contribution in [3.05, 3.63) is 39.4 Å². The summed E-state index contributed by atoms with van der Waals surface area (Å²) < 4.78 is 0. The highest BCUT2D eigenvalue weighted by molar-refractivity contribution is 6.48. The first-order valence-electron chi connectivity index (χ1n) is 7.07. The average molecular weight is 357 g/mol. The minimum Gasteiger partial charge on any atom is -0.274 e. The Hall–Kier alpha value is -1.03. The largest absolute Gasteiger partial charge is 0.274 e. The Morgan fingerprint density at radius 1 is 1.14 bits per heavy atom. The van der Waals surface area contributed by atoms with Crippen molar-refractivity contribution in [2.75, 3.05) is 4.90 Å². The van der Waals surface area contributed by atoms with Gasteiger partial charge in [0.05, 0.1) is 32.1 Å². The van der Waals surface area contributed by atoms with Crippen LogP contribution in [0.15, 0.2) is 24.3 Å². The molecule has 0 spiro atoms. The van der Waals surface area contributed by atoms with Crippen LogP contribution in [0, 0.1) is 23.2 Å². The van der Waals surface area contributed by atoms with Crippen molar-refractivity contribution in [1.82, 2.24) is 0 Å². The molecule has 0 unspecified atom stereocenters. The van der Waals surface area contributed by atoms with E-state index in [9.17, 15) is 9.59 Å². The number of benzene rings is 1. The maximum atomic E-state index is 13.0. The number of fused-ring (bicyclic) bond motifs is 5. The van der Waals surface area contributed by atoms with Crippen LogP contribution in [-0.2, 0) is 9.59 Å². The predicted molar refractivity (Wildman–Crippen MR) is 86.3 cm³/mol. The first-order valence-corrected chi connectivity index (χ1v) is 8.20. The molecule has 0 aromatic heterocycles. The molecule has 1 aromatic rings. The lowest BCUT2D eigenvalue weighted by Crippen LogP contribution is -2.37. The minimum absolute atomic E-state index is 0.127. The molecule has 1 aromatic carbocycles. The Labute approximate surface area is 142 Å². The highest BCUT2D eigenvalue weighted by atomic mass is 35.5. The third-order valence-electron chi connectivity index (χ3n) is 5.34. The predicted octanol–water partition coefficient (Wildman–Crippen LogP) is 4.35. The minimum atomic E-state index is -0.658. The molecule has 4 rings (SSSR count). The van der Waals surface area contributed by atoms with Gasteiger partial charge in [0.25, 0.3) is 0 Å². The molecule has 0 radical (unpaired) electrons. The highest BCUT2D eigenvalue weighted by Gasteiger charge is 2.67. The van der Waals surface area contributed by atoms with Crippen LogP contribution in [0.25, 0.3) is 0 Å². The molecule has 4 atom stereocenters. The maximum Gasteiger partial charge on any atom is 0.241 e. The van der Waals surface area contributed by atoms with E-state index in [0.29, 0.717) is 5.69 Å². The molecule has 1 aliphatic heterocycles. The summed E-state index contributed by atoms with van der Waals surface area (Å²) in [5, 5.41) is 0.681. The van der Waals surface area contributed by atoms with Gasteiger partial charge in [-0.3, -0.25) is 9.59 Å². The van der Waals surface area contributed by atoms with E-state index in [1.807, 2.05) is 6.92 Å². The number of carbonyl (C=O) groups is 2. The fourth-order valence-corrected chi connectivity index (χ4v) is 4.81. The summed E-state index contributed by atoms with van der Waals surface area (Å²) in [7, 11) is 0. The normalized spacial score (nSPS) is 35.6. The van der Waals surface area contributed by atoms with Crippen LogP contribution in [0.3, 0.4) is 0 Å². The molecule has 2 bridgehead atoms. The zero-order valence-electron chi connectivity index (χ0n) is 11.6. The zero-order valence-corrected chi connectivity index (χ0v) is 13.9. The van der Waals surface area contributed by atoms with Crippen LogP contribution in [0.1, 0.15) is 13.3 Å². The van der Waals surface area contributed by atoms with Crippen molar-refractivity contribution in [3.63, 3.8) is 0 Å². The molecule has 1 saturated carbocycles. The molecular weight excluding hydrogens is 345 g/mol. The topological polar surface area (TPSA) is 37.4 Å². The number of nitrogens with zero attached hydrogens (tertiary/aromatic N) is 1. The smallest absolute Gasteiger partial charge is 0.241 e. The highest BCUT2D eigenvalue weighted by Crippen LogP contribution is 2.61. The van der Waals surface area contributed by atoms with Gasteiger partial charge in [0.15, 0.2) is 0 Å². The summed E-state index contributed by atoms with van der Waals surface area (Å²) in [5.74, 6) is -0.354. The number of hydrogen-bond donors (Lipinski definition) is 0. The summed E-state index contributed by atoms with van der Waals surface area (Å²) in [4.78, 5) is 27.0. The van der Waals surface area contributed by atoms with Crippen LogP contribution in [0.2, 0.25) is 15.1 Å². The molecule has 0 N–H and O–H groups in total. The number of amides is 2. The molecule has 6 heteroatoms. The second-order valence-electron chi connectivity index (χ2n) is 6.35. The fourth-order valence-electron chi connectivity index (χ4n) is 4.22. The molecule has 1 heterocycles. The van der Waals surface area contributed by atoms with Gasteiger partial charge in [-0.25, -0.2) is 4.90 Å². The van der Waals surface area contributed by atoms with Gasteiger partial charge in [-0.2, -0.15) is 0 Å². The Morgan fingerprint density at radius 2 is 1.77 bits per heavy atom. The quantitative estimate of drug-likeness (QED) is 0.426. The van der Waals surface area contributed by atoms with Crippen LogP contribution in [0.4, 0.5) is 5.69 Å². The Bertz CT molecular complexity index is 737. The third kappa shape index (κ3) is 1.60. The molecule has 3 aliphatic rings. The van der Waals surface area contributed by atoms with Crippen molar-refractivity contribution in [1.29, 1.82) is 0 Å². The number of carbonyl (C=O) groups excluding carboxylic acids is 2. The lowest BCUT2D eigenvalue weighted by Gasteiger charge is -2.28. The summed E-state index contributed by atoms with van der Waals surface area (Å²) in [6.45, 7) is 1.89. The Kier molecular flexibility index (Phi) is 2.98. The van der Waals surface area contributed by atoms with Gasteiger partial charge in [-0.15, -0.1) is 0 Å². The Balaban J connectivity index is 1.83. The second-order valence-corrected chi connectivity index (χ2v) is 7.55. The molecule has 114 valence electrons. The summed E-state index contributed by atoms with van der Waals surface area (Å²) in [6, 6.07) is 3.04. The van der Waals surface area contributed by atoms with Crippen LogP contribution in [0.5, 0.6) is 0 Å². The number of imide groups is 1. The van der Waals surface area contributed by atoms with E-state index in [4.69, 9.17) is 34.8 Å². The molecule has 2 aliphatic carbocycles. The Morgan fingerprint density at radius 3 is 2.36 bits per heavy atom. The molecule has 22 heavy (non-hydrogen) atoms. The number of hydrogen-bond acceptors (Lipinski definition) is 2. The summed E-state index contributed by atoms with van der Waals surface area (Å²) >= 11 is 18.0. The second kappa shape index (κ2) is 4.50. The average Bonchev–Trinajstić information content (AvgIpc) is 3.09. The van der Waals surface area contributed by atoms with Gasteiger partial charge in [-0.05, 0) is 37.3 Å². The van der Waals surface area contributed by atoms with Gasteiger partial charge in [0, 0.05) is 0 Å². The summed E-state index contributed by atoms with van der Waals surface area (Å²) in [5.41, 5.74) is -0.265. The van der Waals surface area contributed by atoms with Gasteiger partial charge in [0.1, 0.15) is 0 Å². The molecule has 2 amide bonds. The SMILES string of the molecule is C[C@@]12C(=O)N(c3cc(Cl)c(Cl)c(Cl)c3)C(=O)[C@H]1[C@H]1C=C[C@@H]2C1. The van der Waals surface area contributed by atoms with E-state index in [1.54, 1.807) is 0 Å². The van der Waals surface area contributed by atoms with Crippen molar-refractivity contribution in [2.45, 2.75) is 13.3 Å². The molecule has 2 fully saturated rings. The van der Waals surface area contributed by atoms with Crippen molar-refractivity contribution >= 4 is 52.3 Å². The van der Waals surface area contributed by atoms with Crippen molar-refractivity contribution in [2.24, 2.45) is 23.2 Å². The number of rotatable bonds is 1. The number of allylic oxidation sites excluding steroid dienone is 2. The van der Waals surface area contributed by atoms with E-state index < -0.39 is 5.41 Å². The third-order valence-corrected chi connectivity index (χ3v) is 6.54. The summed E-state index contributed by atoms with van der Waals surface area (Å²) in [6.07, 6.45) is 5.01. The first kappa shape index (κ1) is 14.6. The van der Waals surface area contributed by atoms with Crippen LogP contribution in [-0.4, -0.2) is 11.8 Å². The van der Waals surface area contributed by atoms with Gasteiger partial charge in [-0.1, -0.05) is 47.0 Å². The molecule has 3 nitrogen and oxygen atoms in total. The van der Waals surface area contributed by atoms with Gasteiger partial charge < -0.3 is 0 Å². The van der Waals surface area contributed by atoms with Crippen molar-refractivity contribution in [3.8, 4) is 0 Å². The lowest BCUT2D eigenvalue weighted by molar-refractivity contribution is -0.127. The molecule has 1 saturated heterocycles.